The average molecular weight is 265 g/mol. The number of nitrogens with one attached hydrogen (secondary N) is 1. The molecule has 0 saturated carbocycles. The number of amides is 1. The van der Waals surface area contributed by atoms with Crippen LogP contribution in [0.4, 0.5) is 10.5 Å². The number of ether oxygens (including phenoxy) is 2. The predicted octanol–water partition coefficient (Wildman–Crippen LogP) is 1.02. The summed E-state index contributed by atoms with van der Waals surface area (Å²) in [4.78, 5) is 16.3. The van der Waals surface area contributed by atoms with Crippen molar-refractivity contribution in [2.75, 3.05) is 31.6 Å². The van der Waals surface area contributed by atoms with Crippen LogP contribution >= 0.6 is 0 Å². The van der Waals surface area contributed by atoms with Crippen LogP contribution in [0.5, 0.6) is 11.6 Å². The Morgan fingerprint density at radius 1 is 1.63 bits per heavy atom. The number of pyridine rings is 1. The van der Waals surface area contributed by atoms with Gasteiger partial charge in [0.2, 0.25) is 5.88 Å². The highest BCUT2D eigenvalue weighted by molar-refractivity contribution is 5.65. The summed E-state index contributed by atoms with van der Waals surface area (Å²) in [6, 6.07) is 1.79. The third kappa shape index (κ3) is 2.49. The highest BCUT2D eigenvalue weighted by Crippen LogP contribution is 2.29. The molecule has 7 heteroatoms. The van der Waals surface area contributed by atoms with Crippen LogP contribution in [0.25, 0.3) is 0 Å². The first-order valence-corrected chi connectivity index (χ1v) is 6.23. The molecule has 0 aliphatic carbocycles. The van der Waals surface area contributed by atoms with E-state index in [1.54, 1.807) is 12.3 Å². The minimum absolute atomic E-state index is 0.133. The fourth-order valence-electron chi connectivity index (χ4n) is 2.26. The first-order valence-electron chi connectivity index (χ1n) is 6.23. The van der Waals surface area contributed by atoms with Gasteiger partial charge in [-0.1, -0.05) is 0 Å². The summed E-state index contributed by atoms with van der Waals surface area (Å²) in [6.45, 7) is 2.28. The molecule has 2 aliphatic rings. The molecule has 0 radical (unpaired) electrons. The molecule has 3 rings (SSSR count). The molecule has 1 saturated heterocycles. The van der Waals surface area contributed by atoms with E-state index in [2.05, 4.69) is 10.3 Å². The number of hydrogen-bond acceptors (Lipinski definition) is 5. The second kappa shape index (κ2) is 4.83. The van der Waals surface area contributed by atoms with E-state index in [0.717, 1.165) is 18.0 Å². The van der Waals surface area contributed by atoms with Crippen molar-refractivity contribution in [3.63, 3.8) is 0 Å². The maximum atomic E-state index is 10.8. The van der Waals surface area contributed by atoms with Gasteiger partial charge in [0, 0.05) is 25.6 Å². The molecule has 0 spiro atoms. The van der Waals surface area contributed by atoms with Crippen molar-refractivity contribution >= 4 is 11.8 Å². The van der Waals surface area contributed by atoms with Gasteiger partial charge in [0.15, 0.2) is 5.75 Å². The van der Waals surface area contributed by atoms with Gasteiger partial charge >= 0.3 is 6.09 Å². The van der Waals surface area contributed by atoms with Crippen molar-refractivity contribution in [2.24, 2.45) is 0 Å². The van der Waals surface area contributed by atoms with Crippen molar-refractivity contribution in [1.82, 2.24) is 9.88 Å². The van der Waals surface area contributed by atoms with Gasteiger partial charge in [-0.25, -0.2) is 9.78 Å². The highest BCUT2D eigenvalue weighted by atomic mass is 16.5. The molecule has 19 heavy (non-hydrogen) atoms. The molecule has 0 bridgehead atoms. The molecule has 1 amide bonds. The van der Waals surface area contributed by atoms with E-state index in [1.165, 1.54) is 4.90 Å². The van der Waals surface area contributed by atoms with Gasteiger partial charge < -0.3 is 24.8 Å². The fraction of sp³-hybridized carbons (Fsp3) is 0.500. The van der Waals surface area contributed by atoms with Crippen LogP contribution < -0.4 is 14.8 Å². The Balaban J connectivity index is 1.66. The lowest BCUT2D eigenvalue weighted by Gasteiger charge is -2.20. The number of anilines is 1. The normalized spacial score (nSPS) is 21.3. The van der Waals surface area contributed by atoms with E-state index in [4.69, 9.17) is 14.6 Å². The predicted molar refractivity (Wildman–Crippen MR) is 66.9 cm³/mol. The first kappa shape index (κ1) is 11.9. The Hall–Kier alpha value is -2.18. The van der Waals surface area contributed by atoms with Gasteiger partial charge in [0.25, 0.3) is 0 Å². The number of likely N-dealkylation sites (tertiary alicyclic amines) is 1. The molecule has 3 heterocycles. The molecule has 0 unspecified atom stereocenters. The molecular formula is C12H15N3O4. The van der Waals surface area contributed by atoms with Crippen LogP contribution in [0.2, 0.25) is 0 Å². The van der Waals surface area contributed by atoms with Crippen molar-refractivity contribution < 1.29 is 19.4 Å². The second-order valence-corrected chi connectivity index (χ2v) is 4.55. The Morgan fingerprint density at radius 3 is 3.32 bits per heavy atom. The van der Waals surface area contributed by atoms with E-state index in [9.17, 15) is 4.79 Å². The van der Waals surface area contributed by atoms with Crippen molar-refractivity contribution in [2.45, 2.75) is 12.5 Å². The number of aromatic nitrogens is 1. The van der Waals surface area contributed by atoms with Gasteiger partial charge in [0.05, 0.1) is 18.4 Å². The summed E-state index contributed by atoms with van der Waals surface area (Å²) < 4.78 is 11.1. The van der Waals surface area contributed by atoms with Crippen LogP contribution in [0, 0.1) is 0 Å². The maximum absolute atomic E-state index is 10.8. The Kier molecular flexibility index (Phi) is 3.02. The highest BCUT2D eigenvalue weighted by Gasteiger charge is 2.27. The number of hydrogen-bond donors (Lipinski definition) is 2. The van der Waals surface area contributed by atoms with Gasteiger partial charge in [-0.05, 0) is 0 Å². The third-order valence-electron chi connectivity index (χ3n) is 3.22. The lowest BCUT2D eigenvalue weighted by atomic mass is 10.3. The summed E-state index contributed by atoms with van der Waals surface area (Å²) >= 11 is 0. The second-order valence-electron chi connectivity index (χ2n) is 4.55. The maximum Gasteiger partial charge on any atom is 0.407 e. The first-order chi connectivity index (χ1) is 9.22. The summed E-state index contributed by atoms with van der Waals surface area (Å²) in [5.41, 5.74) is 0.865. The number of fused-ring (bicyclic) bond motifs is 1. The third-order valence-corrected chi connectivity index (χ3v) is 3.22. The van der Waals surface area contributed by atoms with E-state index in [1.807, 2.05) is 0 Å². The van der Waals surface area contributed by atoms with Crippen LogP contribution in [0.3, 0.4) is 0 Å². The summed E-state index contributed by atoms with van der Waals surface area (Å²) in [5, 5.41) is 12.1. The zero-order valence-electron chi connectivity index (χ0n) is 10.3. The average Bonchev–Trinajstić information content (AvgIpc) is 2.87. The number of carbonyl (C=O) groups is 1. The molecule has 102 valence electrons. The standard InChI is InChI=1S/C12H15N3O4/c16-12(17)15-3-1-8(7-15)19-11-5-9-10(6-14-11)18-4-2-13-9/h5-6,8,13H,1-4,7H2,(H,16,17)/t8-/m0/s1. The van der Waals surface area contributed by atoms with E-state index in [0.29, 0.717) is 32.0 Å². The smallest absolute Gasteiger partial charge is 0.407 e. The zero-order valence-corrected chi connectivity index (χ0v) is 10.3. The summed E-state index contributed by atoms with van der Waals surface area (Å²) in [5.74, 6) is 1.21. The lowest BCUT2D eigenvalue weighted by Crippen LogP contribution is -2.29. The molecule has 1 aromatic heterocycles. The molecule has 1 aromatic rings. The number of nitrogens with zero attached hydrogens (tertiary/aromatic N) is 2. The minimum Gasteiger partial charge on any atom is -0.488 e. The zero-order chi connectivity index (χ0) is 13.2. The Labute approximate surface area is 110 Å². The number of carboxylic acid groups (broad SMARTS) is 1. The lowest BCUT2D eigenvalue weighted by molar-refractivity contribution is 0.144. The molecular weight excluding hydrogens is 250 g/mol. The van der Waals surface area contributed by atoms with Crippen molar-refractivity contribution in [3.8, 4) is 11.6 Å². The van der Waals surface area contributed by atoms with Crippen LogP contribution in [0.1, 0.15) is 6.42 Å². The monoisotopic (exact) mass is 265 g/mol. The quantitative estimate of drug-likeness (QED) is 0.830. The number of rotatable bonds is 2. The molecule has 2 N–H and O–H groups in total. The van der Waals surface area contributed by atoms with Gasteiger partial charge in [0.1, 0.15) is 12.7 Å². The van der Waals surface area contributed by atoms with Gasteiger partial charge in [-0.15, -0.1) is 0 Å². The Bertz CT molecular complexity index is 494. The molecule has 0 aromatic carbocycles. The fourth-order valence-corrected chi connectivity index (χ4v) is 2.26. The largest absolute Gasteiger partial charge is 0.488 e. The summed E-state index contributed by atoms with van der Waals surface area (Å²) in [6.07, 6.45) is 1.28. The van der Waals surface area contributed by atoms with E-state index in [-0.39, 0.29) is 6.10 Å². The molecule has 7 nitrogen and oxygen atoms in total. The molecule has 1 fully saturated rings. The van der Waals surface area contributed by atoms with Gasteiger partial charge in [-0.3, -0.25) is 0 Å². The van der Waals surface area contributed by atoms with Crippen LogP contribution in [0.15, 0.2) is 12.3 Å². The van der Waals surface area contributed by atoms with E-state index >= 15 is 0 Å². The summed E-state index contributed by atoms with van der Waals surface area (Å²) in [7, 11) is 0. The van der Waals surface area contributed by atoms with Crippen molar-refractivity contribution in [1.29, 1.82) is 0 Å². The van der Waals surface area contributed by atoms with E-state index < -0.39 is 6.09 Å². The van der Waals surface area contributed by atoms with Gasteiger partial charge in [-0.2, -0.15) is 0 Å². The molecule has 1 atom stereocenters. The topological polar surface area (TPSA) is 83.9 Å². The molecule has 2 aliphatic heterocycles. The SMILES string of the molecule is O=C(O)N1CC[C@H](Oc2cc3c(cn2)OCCN3)C1. The Morgan fingerprint density at radius 2 is 2.53 bits per heavy atom. The minimum atomic E-state index is -0.903. The van der Waals surface area contributed by atoms with Crippen LogP contribution in [-0.4, -0.2) is 53.4 Å². The van der Waals surface area contributed by atoms with Crippen LogP contribution in [-0.2, 0) is 0 Å². The van der Waals surface area contributed by atoms with Crippen molar-refractivity contribution in [3.05, 3.63) is 12.3 Å².